The molecule has 1 aromatic carbocycles. The smallest absolute Gasteiger partial charge is 0.216 e. The Morgan fingerprint density at radius 1 is 1.03 bits per heavy atom. The molecule has 1 aromatic rings. The number of para-hydroxylation sites is 1. The largest absolute Gasteiger partial charge is 0.492 e. The fraction of sp³-hybridized carbons (Fsp3) is 0.750. The highest BCUT2D eigenvalue weighted by Gasteiger charge is 2.38. The Kier molecular flexibility index (Phi) is 6.96. The Balaban J connectivity index is 1.55. The van der Waals surface area contributed by atoms with Crippen molar-refractivity contribution in [2.24, 2.45) is 0 Å². The molecule has 2 fully saturated rings. The van der Waals surface area contributed by atoms with Crippen LogP contribution in [0.1, 0.15) is 70.8 Å². The number of sulfonamides is 1. The SMILES string of the molecule is CC(C)(C)S(=O)(=O)NC1CCCN2CCOc3ccccc3C3CCC(CC3)OC[C@@H]12. The van der Waals surface area contributed by atoms with Gasteiger partial charge in [0.2, 0.25) is 10.0 Å². The molecule has 6 nitrogen and oxygen atoms in total. The van der Waals surface area contributed by atoms with Gasteiger partial charge in [-0.05, 0) is 83.4 Å². The lowest BCUT2D eigenvalue weighted by Gasteiger charge is -2.42. The molecule has 1 aliphatic carbocycles. The lowest BCUT2D eigenvalue weighted by molar-refractivity contribution is -0.0285. The van der Waals surface area contributed by atoms with Crippen LogP contribution >= 0.6 is 0 Å². The molecule has 0 radical (unpaired) electrons. The number of rotatable bonds is 2. The molecule has 1 N–H and O–H groups in total. The Hall–Kier alpha value is -1.15. The maximum Gasteiger partial charge on any atom is 0.216 e. The van der Waals surface area contributed by atoms with Gasteiger partial charge in [0.05, 0.1) is 17.5 Å². The lowest BCUT2D eigenvalue weighted by atomic mass is 9.82. The molecule has 5 rings (SSSR count). The van der Waals surface area contributed by atoms with Gasteiger partial charge in [0.1, 0.15) is 12.4 Å². The average Bonchev–Trinajstić information content (AvgIpc) is 2.74. The third-order valence-electron chi connectivity index (χ3n) is 7.18. The maximum atomic E-state index is 12.9. The van der Waals surface area contributed by atoms with Crippen molar-refractivity contribution in [3.8, 4) is 5.75 Å². The molecular formula is C24H38N2O4S. The van der Waals surface area contributed by atoms with E-state index in [0.29, 0.717) is 19.1 Å². The van der Waals surface area contributed by atoms with E-state index in [2.05, 4.69) is 27.8 Å². The van der Waals surface area contributed by atoms with Crippen molar-refractivity contribution in [3.63, 3.8) is 0 Å². The Labute approximate surface area is 187 Å². The van der Waals surface area contributed by atoms with Crippen molar-refractivity contribution in [1.29, 1.82) is 0 Å². The minimum absolute atomic E-state index is 0.0307. The number of hydrogen-bond donors (Lipinski definition) is 1. The first-order chi connectivity index (χ1) is 14.7. The number of nitrogens with zero attached hydrogens (tertiary/aromatic N) is 1. The average molecular weight is 451 g/mol. The van der Waals surface area contributed by atoms with Gasteiger partial charge in [-0.15, -0.1) is 0 Å². The van der Waals surface area contributed by atoms with E-state index in [-0.39, 0.29) is 18.2 Å². The van der Waals surface area contributed by atoms with Crippen molar-refractivity contribution < 1.29 is 17.9 Å². The summed E-state index contributed by atoms with van der Waals surface area (Å²) >= 11 is 0. The molecule has 3 heterocycles. The molecule has 174 valence electrons. The van der Waals surface area contributed by atoms with Crippen LogP contribution in [-0.2, 0) is 14.8 Å². The summed E-state index contributed by atoms with van der Waals surface area (Å²) in [6, 6.07) is 8.35. The van der Waals surface area contributed by atoms with Crippen molar-refractivity contribution in [2.45, 2.75) is 88.1 Å². The fourth-order valence-electron chi connectivity index (χ4n) is 5.14. The summed E-state index contributed by atoms with van der Waals surface area (Å²) in [7, 11) is -3.42. The van der Waals surface area contributed by atoms with Crippen molar-refractivity contribution in [1.82, 2.24) is 9.62 Å². The molecule has 2 atom stereocenters. The van der Waals surface area contributed by atoms with Gasteiger partial charge in [-0.2, -0.15) is 0 Å². The van der Waals surface area contributed by atoms with E-state index in [1.54, 1.807) is 20.8 Å². The molecule has 1 saturated carbocycles. The predicted molar refractivity (Wildman–Crippen MR) is 123 cm³/mol. The predicted octanol–water partition coefficient (Wildman–Crippen LogP) is 3.67. The highest BCUT2D eigenvalue weighted by molar-refractivity contribution is 7.90. The Bertz CT molecular complexity index is 843. The van der Waals surface area contributed by atoms with Gasteiger partial charge in [0, 0.05) is 18.6 Å². The third kappa shape index (κ3) is 5.27. The molecule has 0 aromatic heterocycles. The van der Waals surface area contributed by atoms with Crippen molar-refractivity contribution >= 4 is 10.0 Å². The van der Waals surface area contributed by atoms with Gasteiger partial charge >= 0.3 is 0 Å². The molecule has 0 spiro atoms. The van der Waals surface area contributed by atoms with E-state index in [0.717, 1.165) is 57.4 Å². The third-order valence-corrected chi connectivity index (χ3v) is 9.40. The second kappa shape index (κ2) is 9.38. The van der Waals surface area contributed by atoms with Gasteiger partial charge in [-0.1, -0.05) is 18.2 Å². The van der Waals surface area contributed by atoms with E-state index in [1.165, 1.54) is 5.56 Å². The molecule has 1 unspecified atom stereocenters. The van der Waals surface area contributed by atoms with Crippen LogP contribution in [0.2, 0.25) is 0 Å². The minimum Gasteiger partial charge on any atom is -0.492 e. The second-order valence-electron chi connectivity index (χ2n) is 10.3. The van der Waals surface area contributed by atoms with Gasteiger partial charge in [0.25, 0.3) is 0 Å². The summed E-state index contributed by atoms with van der Waals surface area (Å²) in [5, 5.41) is 0. The van der Waals surface area contributed by atoms with Crippen LogP contribution < -0.4 is 9.46 Å². The first kappa shape index (κ1) is 23.0. The number of piperidine rings is 1. The monoisotopic (exact) mass is 450 g/mol. The maximum absolute atomic E-state index is 12.9. The zero-order valence-corrected chi connectivity index (χ0v) is 20.0. The summed E-state index contributed by atoms with van der Waals surface area (Å²) in [5.74, 6) is 1.54. The summed E-state index contributed by atoms with van der Waals surface area (Å²) in [6.45, 7) is 8.13. The summed E-state index contributed by atoms with van der Waals surface area (Å²) in [6.07, 6.45) is 6.38. The fourth-order valence-corrected chi connectivity index (χ4v) is 6.16. The standard InChI is InChI=1S/C24H38N2O4S/c1-24(2,3)31(27,28)25-21-8-6-14-26-15-16-29-23-9-5-4-7-20(23)18-10-12-19(13-11-18)30-17-22(21)26/h4-5,7,9,18-19,21-22,25H,6,8,10-17H2,1-3H3/t18?,19?,21?,22-/m0/s1. The van der Waals surface area contributed by atoms with Crippen molar-refractivity contribution in [2.75, 3.05) is 26.3 Å². The molecule has 2 bridgehead atoms. The highest BCUT2D eigenvalue weighted by Crippen LogP contribution is 2.38. The zero-order chi connectivity index (χ0) is 22.1. The van der Waals surface area contributed by atoms with Gasteiger partial charge in [0.15, 0.2) is 0 Å². The van der Waals surface area contributed by atoms with E-state index in [9.17, 15) is 8.42 Å². The summed E-state index contributed by atoms with van der Waals surface area (Å²) in [4.78, 5) is 2.37. The van der Waals surface area contributed by atoms with Crippen LogP contribution in [-0.4, -0.2) is 62.6 Å². The van der Waals surface area contributed by atoms with Gasteiger partial charge in [-0.25, -0.2) is 13.1 Å². The Morgan fingerprint density at radius 2 is 1.77 bits per heavy atom. The number of ether oxygens (including phenoxy) is 2. The van der Waals surface area contributed by atoms with Crippen LogP contribution in [0.4, 0.5) is 0 Å². The molecule has 3 aliphatic heterocycles. The van der Waals surface area contributed by atoms with E-state index >= 15 is 0 Å². The minimum atomic E-state index is -3.42. The van der Waals surface area contributed by atoms with Crippen LogP contribution in [0.25, 0.3) is 0 Å². The first-order valence-corrected chi connectivity index (χ1v) is 13.3. The van der Waals surface area contributed by atoms with Gasteiger partial charge < -0.3 is 9.47 Å². The quantitative estimate of drug-likeness (QED) is 0.745. The van der Waals surface area contributed by atoms with E-state index in [1.807, 2.05) is 6.07 Å². The highest BCUT2D eigenvalue weighted by atomic mass is 32.2. The van der Waals surface area contributed by atoms with Crippen LogP contribution in [0.5, 0.6) is 5.75 Å². The van der Waals surface area contributed by atoms with E-state index < -0.39 is 14.8 Å². The molecule has 4 aliphatic rings. The molecular weight excluding hydrogens is 412 g/mol. The first-order valence-electron chi connectivity index (χ1n) is 11.8. The topological polar surface area (TPSA) is 67.9 Å². The molecule has 0 amide bonds. The summed E-state index contributed by atoms with van der Waals surface area (Å²) in [5.41, 5.74) is 1.33. The summed E-state index contributed by atoms with van der Waals surface area (Å²) < 4.78 is 40.7. The van der Waals surface area contributed by atoms with Crippen LogP contribution in [0, 0.1) is 0 Å². The number of benzene rings is 1. The Morgan fingerprint density at radius 3 is 2.52 bits per heavy atom. The number of fused-ring (bicyclic) bond motifs is 5. The van der Waals surface area contributed by atoms with Crippen LogP contribution in [0.15, 0.2) is 24.3 Å². The zero-order valence-electron chi connectivity index (χ0n) is 19.2. The molecule has 1 saturated heterocycles. The normalized spacial score (nSPS) is 30.8. The van der Waals surface area contributed by atoms with Crippen LogP contribution in [0.3, 0.4) is 0 Å². The second-order valence-corrected chi connectivity index (χ2v) is 12.7. The molecule has 7 heteroatoms. The molecule has 31 heavy (non-hydrogen) atoms. The number of nitrogens with one attached hydrogen (secondary N) is 1. The lowest BCUT2D eigenvalue weighted by Crippen LogP contribution is -2.59. The van der Waals surface area contributed by atoms with Crippen molar-refractivity contribution in [3.05, 3.63) is 29.8 Å². The number of hydrogen-bond acceptors (Lipinski definition) is 5. The van der Waals surface area contributed by atoms with Gasteiger partial charge in [-0.3, -0.25) is 4.90 Å². The van der Waals surface area contributed by atoms with E-state index in [4.69, 9.17) is 9.47 Å².